The molecule has 4 nitrogen and oxygen atoms in total. The van der Waals surface area contributed by atoms with Crippen LogP contribution in [0.5, 0.6) is 0 Å². The summed E-state index contributed by atoms with van der Waals surface area (Å²) in [5.74, 6) is -0.0270. The Kier molecular flexibility index (Phi) is 3.23. The van der Waals surface area contributed by atoms with Crippen LogP contribution in [0.15, 0.2) is 54.6 Å². The second kappa shape index (κ2) is 5.39. The van der Waals surface area contributed by atoms with Gasteiger partial charge in [-0.1, -0.05) is 48.0 Å². The number of aromatic nitrogens is 2. The molecule has 0 radical (unpaired) electrons. The van der Waals surface area contributed by atoms with Gasteiger partial charge in [-0.15, -0.1) is 0 Å². The minimum absolute atomic E-state index is 0.0270. The van der Waals surface area contributed by atoms with Gasteiger partial charge in [-0.2, -0.15) is 5.10 Å². The van der Waals surface area contributed by atoms with E-state index in [0.717, 1.165) is 29.9 Å². The monoisotopic (exact) mass is 303 g/mol. The van der Waals surface area contributed by atoms with E-state index in [4.69, 9.17) is 0 Å². The predicted molar refractivity (Wildman–Crippen MR) is 90.6 cm³/mol. The van der Waals surface area contributed by atoms with Crippen LogP contribution in [0.2, 0.25) is 0 Å². The summed E-state index contributed by atoms with van der Waals surface area (Å²) >= 11 is 0. The smallest absolute Gasteiger partial charge is 0.276 e. The molecule has 2 heterocycles. The summed E-state index contributed by atoms with van der Waals surface area (Å²) in [6, 6.07) is 18.0. The quantitative estimate of drug-likeness (QED) is 0.786. The zero-order valence-corrected chi connectivity index (χ0v) is 12.9. The Morgan fingerprint density at radius 3 is 2.74 bits per heavy atom. The number of para-hydroxylation sites is 1. The van der Waals surface area contributed by atoms with Crippen molar-refractivity contribution in [3.63, 3.8) is 0 Å². The molecule has 0 aliphatic carbocycles. The zero-order valence-electron chi connectivity index (χ0n) is 12.9. The van der Waals surface area contributed by atoms with Crippen molar-refractivity contribution in [2.45, 2.75) is 13.3 Å². The molecule has 0 atom stereocenters. The van der Waals surface area contributed by atoms with Crippen molar-refractivity contribution in [2.24, 2.45) is 0 Å². The van der Waals surface area contributed by atoms with Crippen LogP contribution in [-0.2, 0) is 6.42 Å². The number of H-pyrrole nitrogens is 1. The summed E-state index contributed by atoms with van der Waals surface area (Å²) in [5, 5.41) is 7.18. The van der Waals surface area contributed by atoms with E-state index in [0.29, 0.717) is 5.69 Å². The molecule has 3 aromatic rings. The van der Waals surface area contributed by atoms with Crippen molar-refractivity contribution >= 4 is 11.6 Å². The molecule has 0 saturated heterocycles. The molecule has 2 aromatic carbocycles. The maximum atomic E-state index is 12.8. The fourth-order valence-corrected chi connectivity index (χ4v) is 3.00. The van der Waals surface area contributed by atoms with Gasteiger partial charge in [-0.3, -0.25) is 9.89 Å². The number of hydrogen-bond donors (Lipinski definition) is 1. The van der Waals surface area contributed by atoms with E-state index in [1.807, 2.05) is 60.4 Å². The van der Waals surface area contributed by atoms with Crippen LogP contribution in [0, 0.1) is 6.92 Å². The third kappa shape index (κ3) is 2.42. The Balaban J connectivity index is 1.62. The van der Waals surface area contributed by atoms with Gasteiger partial charge in [0.2, 0.25) is 0 Å². The number of nitrogens with zero attached hydrogens (tertiary/aromatic N) is 2. The number of hydrogen-bond acceptors (Lipinski definition) is 2. The van der Waals surface area contributed by atoms with Crippen molar-refractivity contribution in [1.82, 2.24) is 10.2 Å². The van der Waals surface area contributed by atoms with Crippen LogP contribution >= 0.6 is 0 Å². The Morgan fingerprint density at radius 1 is 1.13 bits per heavy atom. The van der Waals surface area contributed by atoms with Gasteiger partial charge in [0, 0.05) is 17.8 Å². The number of aryl methyl sites for hydroxylation is 1. The third-order valence-corrected chi connectivity index (χ3v) is 4.29. The molecule has 1 N–H and O–H groups in total. The van der Waals surface area contributed by atoms with E-state index in [2.05, 4.69) is 16.3 Å². The van der Waals surface area contributed by atoms with Crippen LogP contribution in [0.4, 0.5) is 5.69 Å². The van der Waals surface area contributed by atoms with Crippen molar-refractivity contribution in [2.75, 3.05) is 11.4 Å². The number of anilines is 1. The van der Waals surface area contributed by atoms with Crippen LogP contribution in [0.1, 0.15) is 21.6 Å². The highest BCUT2D eigenvalue weighted by atomic mass is 16.2. The van der Waals surface area contributed by atoms with Gasteiger partial charge >= 0.3 is 0 Å². The van der Waals surface area contributed by atoms with Crippen molar-refractivity contribution in [3.8, 4) is 11.3 Å². The SMILES string of the molecule is Cc1ccc(-c2cc(C(=O)N3CCc4ccccc43)[nH]n2)cc1. The van der Waals surface area contributed by atoms with Crippen molar-refractivity contribution in [1.29, 1.82) is 0 Å². The largest absolute Gasteiger partial charge is 0.306 e. The zero-order chi connectivity index (χ0) is 15.8. The summed E-state index contributed by atoms with van der Waals surface area (Å²) < 4.78 is 0. The molecular formula is C19H17N3O. The molecule has 114 valence electrons. The minimum atomic E-state index is -0.0270. The van der Waals surface area contributed by atoms with Gasteiger partial charge in [0.05, 0.1) is 5.69 Å². The standard InChI is InChI=1S/C19H17N3O/c1-13-6-8-14(9-7-13)16-12-17(21-20-16)19(23)22-11-10-15-4-2-3-5-18(15)22/h2-9,12H,10-11H2,1H3,(H,20,21). The number of rotatable bonds is 2. The molecule has 1 aromatic heterocycles. The lowest BCUT2D eigenvalue weighted by molar-refractivity contribution is 0.0984. The molecule has 0 unspecified atom stereocenters. The molecule has 0 fully saturated rings. The first-order valence-corrected chi connectivity index (χ1v) is 7.74. The number of nitrogens with one attached hydrogen (secondary N) is 1. The van der Waals surface area contributed by atoms with Gasteiger partial charge in [0.25, 0.3) is 5.91 Å². The predicted octanol–water partition coefficient (Wildman–Crippen LogP) is 3.59. The Hall–Kier alpha value is -2.88. The molecule has 0 saturated carbocycles. The van der Waals surface area contributed by atoms with Crippen LogP contribution in [0.3, 0.4) is 0 Å². The number of aromatic amines is 1. The van der Waals surface area contributed by atoms with E-state index in [1.54, 1.807) is 0 Å². The molecule has 1 amide bonds. The fraction of sp³-hybridized carbons (Fsp3) is 0.158. The highest BCUT2D eigenvalue weighted by Crippen LogP contribution is 2.29. The normalized spacial score (nSPS) is 13.2. The van der Waals surface area contributed by atoms with E-state index in [1.165, 1.54) is 11.1 Å². The molecule has 4 heteroatoms. The van der Waals surface area contributed by atoms with Gasteiger partial charge in [-0.25, -0.2) is 0 Å². The summed E-state index contributed by atoms with van der Waals surface area (Å²) in [4.78, 5) is 14.6. The number of carbonyl (C=O) groups excluding carboxylic acids is 1. The summed E-state index contributed by atoms with van der Waals surface area (Å²) in [6.07, 6.45) is 0.904. The van der Waals surface area contributed by atoms with E-state index < -0.39 is 0 Å². The molecule has 4 rings (SSSR count). The molecule has 0 spiro atoms. The average Bonchev–Trinajstić information content (AvgIpc) is 3.22. The Bertz CT molecular complexity index is 864. The molecule has 0 bridgehead atoms. The first-order valence-electron chi connectivity index (χ1n) is 7.74. The average molecular weight is 303 g/mol. The first-order chi connectivity index (χ1) is 11.2. The van der Waals surface area contributed by atoms with Gasteiger partial charge in [-0.05, 0) is 31.0 Å². The minimum Gasteiger partial charge on any atom is -0.306 e. The Labute approximate surface area is 134 Å². The summed E-state index contributed by atoms with van der Waals surface area (Å²) in [6.45, 7) is 2.77. The lowest BCUT2D eigenvalue weighted by Crippen LogP contribution is -2.29. The second-order valence-electron chi connectivity index (χ2n) is 5.87. The molecular weight excluding hydrogens is 286 g/mol. The molecule has 1 aliphatic heterocycles. The topological polar surface area (TPSA) is 49.0 Å². The van der Waals surface area contributed by atoms with Gasteiger partial charge in [0.15, 0.2) is 0 Å². The van der Waals surface area contributed by atoms with Gasteiger partial charge < -0.3 is 4.90 Å². The molecule has 1 aliphatic rings. The second-order valence-corrected chi connectivity index (χ2v) is 5.87. The summed E-state index contributed by atoms with van der Waals surface area (Å²) in [7, 11) is 0. The van der Waals surface area contributed by atoms with E-state index in [-0.39, 0.29) is 5.91 Å². The van der Waals surface area contributed by atoms with Crippen molar-refractivity contribution in [3.05, 3.63) is 71.4 Å². The van der Waals surface area contributed by atoms with Crippen LogP contribution in [0.25, 0.3) is 11.3 Å². The van der Waals surface area contributed by atoms with E-state index >= 15 is 0 Å². The van der Waals surface area contributed by atoms with Crippen LogP contribution in [-0.4, -0.2) is 22.6 Å². The van der Waals surface area contributed by atoms with E-state index in [9.17, 15) is 4.79 Å². The number of fused-ring (bicyclic) bond motifs is 1. The third-order valence-electron chi connectivity index (χ3n) is 4.29. The highest BCUT2D eigenvalue weighted by Gasteiger charge is 2.26. The number of benzene rings is 2. The van der Waals surface area contributed by atoms with Crippen LogP contribution < -0.4 is 4.90 Å². The Morgan fingerprint density at radius 2 is 1.91 bits per heavy atom. The number of amides is 1. The first kappa shape index (κ1) is 13.8. The van der Waals surface area contributed by atoms with Gasteiger partial charge in [0.1, 0.15) is 5.69 Å². The lowest BCUT2D eigenvalue weighted by Gasteiger charge is -2.15. The number of carbonyl (C=O) groups is 1. The maximum Gasteiger partial charge on any atom is 0.276 e. The fourth-order valence-electron chi connectivity index (χ4n) is 3.00. The molecule has 23 heavy (non-hydrogen) atoms. The summed E-state index contributed by atoms with van der Waals surface area (Å²) in [5.41, 5.74) is 5.75. The highest BCUT2D eigenvalue weighted by molar-refractivity contribution is 6.06. The maximum absolute atomic E-state index is 12.8. The lowest BCUT2D eigenvalue weighted by atomic mass is 10.1. The van der Waals surface area contributed by atoms with Crippen molar-refractivity contribution < 1.29 is 4.79 Å².